The van der Waals surface area contributed by atoms with Gasteiger partial charge in [0.1, 0.15) is 0 Å². The predicted octanol–water partition coefficient (Wildman–Crippen LogP) is 2.26. The Labute approximate surface area is 99.9 Å². The van der Waals surface area contributed by atoms with Crippen LogP contribution in [0.3, 0.4) is 0 Å². The number of fused-ring (bicyclic) bond motifs is 1. The molecule has 1 aliphatic rings. The van der Waals surface area contributed by atoms with Gasteiger partial charge >= 0.3 is 0 Å². The second-order valence-electron chi connectivity index (χ2n) is 3.72. The molecular weight excluding hydrogens is 222 g/mol. The molecule has 16 heavy (non-hydrogen) atoms. The molecule has 0 aromatic heterocycles. The minimum atomic E-state index is -0.176. The van der Waals surface area contributed by atoms with E-state index in [1.54, 1.807) is 24.3 Å². The fourth-order valence-electron chi connectivity index (χ4n) is 1.81. The van der Waals surface area contributed by atoms with E-state index in [0.29, 0.717) is 23.4 Å². The van der Waals surface area contributed by atoms with Gasteiger partial charge in [-0.1, -0.05) is 24.8 Å². The molecule has 0 unspecified atom stereocenters. The first-order valence-electron chi connectivity index (χ1n) is 5.29. The Bertz CT molecular complexity index is 396. The van der Waals surface area contributed by atoms with Crippen molar-refractivity contribution < 1.29 is 9.59 Å². The molecule has 1 heterocycles. The zero-order chi connectivity index (χ0) is 11.5. The van der Waals surface area contributed by atoms with Gasteiger partial charge in [0, 0.05) is 12.3 Å². The average molecular weight is 234 g/mol. The number of nitrogens with zero attached hydrogens (tertiary/aromatic N) is 1. The molecule has 0 aliphatic carbocycles. The highest BCUT2D eigenvalue weighted by molar-refractivity contribution is 7.80. The Morgan fingerprint density at radius 2 is 1.56 bits per heavy atom. The van der Waals surface area contributed by atoms with Crippen molar-refractivity contribution in [2.75, 3.05) is 12.3 Å². The van der Waals surface area contributed by atoms with Crippen LogP contribution in [0.1, 0.15) is 33.6 Å². The maximum atomic E-state index is 11.9. The summed E-state index contributed by atoms with van der Waals surface area (Å²) in [5, 5.41) is 0. The first-order chi connectivity index (χ1) is 7.75. The summed E-state index contributed by atoms with van der Waals surface area (Å²) in [6.07, 6.45) is 1.65. The van der Waals surface area contributed by atoms with Gasteiger partial charge in [0.2, 0.25) is 0 Å². The molecule has 0 saturated carbocycles. The standard InChI is InChI=1S/C12H12NO2S/c14-11-9-5-1-2-6-10(9)12(15)13(11)7-3-4-8-16/h1-2,5-6H,3-4,7-8H2. The number of imide groups is 1. The molecule has 2 rings (SSSR count). The summed E-state index contributed by atoms with van der Waals surface area (Å²) in [7, 11) is 0. The van der Waals surface area contributed by atoms with Gasteiger partial charge in [-0.05, 0) is 25.0 Å². The number of carbonyl (C=O) groups is 2. The lowest BCUT2D eigenvalue weighted by Gasteiger charge is -2.12. The third-order valence-electron chi connectivity index (χ3n) is 2.65. The number of unbranched alkanes of at least 4 members (excludes halogenated alkanes) is 1. The summed E-state index contributed by atoms with van der Waals surface area (Å²) in [5.74, 6) is 0.318. The van der Waals surface area contributed by atoms with Crippen LogP contribution in [0.5, 0.6) is 0 Å². The molecule has 0 bridgehead atoms. The summed E-state index contributed by atoms with van der Waals surface area (Å²) in [4.78, 5) is 25.1. The van der Waals surface area contributed by atoms with Gasteiger partial charge in [-0.15, -0.1) is 0 Å². The number of hydrogen-bond donors (Lipinski definition) is 0. The lowest BCUT2D eigenvalue weighted by Crippen LogP contribution is -2.30. The summed E-state index contributed by atoms with van der Waals surface area (Å²) in [6.45, 7) is 0.475. The van der Waals surface area contributed by atoms with Gasteiger partial charge < -0.3 is 0 Å². The molecule has 2 amide bonds. The van der Waals surface area contributed by atoms with E-state index in [4.69, 9.17) is 12.6 Å². The molecule has 1 radical (unpaired) electrons. The highest BCUT2D eigenvalue weighted by Crippen LogP contribution is 2.22. The van der Waals surface area contributed by atoms with Crippen LogP contribution in [-0.2, 0) is 0 Å². The van der Waals surface area contributed by atoms with Crippen molar-refractivity contribution in [2.24, 2.45) is 0 Å². The Morgan fingerprint density at radius 3 is 2.06 bits per heavy atom. The Morgan fingerprint density at radius 1 is 1.00 bits per heavy atom. The van der Waals surface area contributed by atoms with Crippen LogP contribution in [0.15, 0.2) is 24.3 Å². The van der Waals surface area contributed by atoms with Gasteiger partial charge in [-0.25, -0.2) is 0 Å². The zero-order valence-electron chi connectivity index (χ0n) is 8.81. The van der Waals surface area contributed by atoms with E-state index in [1.165, 1.54) is 4.90 Å². The van der Waals surface area contributed by atoms with Crippen LogP contribution >= 0.6 is 12.6 Å². The lowest BCUT2D eigenvalue weighted by molar-refractivity contribution is 0.0652. The highest BCUT2D eigenvalue weighted by Gasteiger charge is 2.34. The van der Waals surface area contributed by atoms with E-state index in [2.05, 4.69) is 0 Å². The van der Waals surface area contributed by atoms with Crippen LogP contribution in [0.4, 0.5) is 0 Å². The highest BCUT2D eigenvalue weighted by atomic mass is 32.1. The van der Waals surface area contributed by atoms with E-state index in [0.717, 1.165) is 12.8 Å². The third kappa shape index (κ3) is 1.85. The SMILES string of the molecule is O=C1c2ccccc2C(=O)N1CCCC[S]. The van der Waals surface area contributed by atoms with E-state index in [1.807, 2.05) is 0 Å². The predicted molar refractivity (Wildman–Crippen MR) is 63.5 cm³/mol. The summed E-state index contributed by atoms with van der Waals surface area (Å²) in [5.41, 5.74) is 1.04. The van der Waals surface area contributed by atoms with Gasteiger partial charge in [0.05, 0.1) is 11.1 Å². The van der Waals surface area contributed by atoms with Crippen molar-refractivity contribution in [3.8, 4) is 0 Å². The lowest BCUT2D eigenvalue weighted by atomic mass is 10.1. The number of rotatable bonds is 4. The monoisotopic (exact) mass is 234 g/mol. The van der Waals surface area contributed by atoms with Gasteiger partial charge in [-0.2, -0.15) is 0 Å². The van der Waals surface area contributed by atoms with Crippen molar-refractivity contribution in [1.82, 2.24) is 4.90 Å². The maximum Gasteiger partial charge on any atom is 0.261 e. The maximum absolute atomic E-state index is 11.9. The van der Waals surface area contributed by atoms with Crippen LogP contribution < -0.4 is 0 Å². The molecule has 0 N–H and O–H groups in total. The normalized spacial score (nSPS) is 14.4. The topological polar surface area (TPSA) is 37.4 Å². The summed E-state index contributed by atoms with van der Waals surface area (Å²) < 4.78 is 0. The zero-order valence-corrected chi connectivity index (χ0v) is 9.63. The molecule has 3 nitrogen and oxygen atoms in total. The quantitative estimate of drug-likeness (QED) is 0.592. The fourth-order valence-corrected chi connectivity index (χ4v) is 2.02. The molecule has 0 fully saturated rings. The van der Waals surface area contributed by atoms with E-state index < -0.39 is 0 Å². The second kappa shape index (κ2) is 4.70. The van der Waals surface area contributed by atoms with Crippen molar-refractivity contribution >= 4 is 24.4 Å². The van der Waals surface area contributed by atoms with Crippen molar-refractivity contribution in [1.29, 1.82) is 0 Å². The first-order valence-corrected chi connectivity index (χ1v) is 5.87. The molecule has 83 valence electrons. The molecular formula is C12H12NO2S. The molecule has 1 aromatic rings. The minimum absolute atomic E-state index is 0.176. The van der Waals surface area contributed by atoms with Crippen LogP contribution in [0.2, 0.25) is 0 Å². The largest absolute Gasteiger partial charge is 0.274 e. The van der Waals surface area contributed by atoms with E-state index in [9.17, 15) is 9.59 Å². The van der Waals surface area contributed by atoms with Gasteiger partial charge in [-0.3, -0.25) is 14.5 Å². The molecule has 0 spiro atoms. The van der Waals surface area contributed by atoms with Gasteiger partial charge in [0.25, 0.3) is 11.8 Å². The van der Waals surface area contributed by atoms with Crippen molar-refractivity contribution in [3.63, 3.8) is 0 Å². The third-order valence-corrected chi connectivity index (χ3v) is 2.94. The number of hydrogen-bond acceptors (Lipinski definition) is 2. The number of carbonyl (C=O) groups excluding carboxylic acids is 2. The van der Waals surface area contributed by atoms with E-state index in [-0.39, 0.29) is 11.8 Å². The average Bonchev–Trinajstić information content (AvgIpc) is 2.55. The van der Waals surface area contributed by atoms with Crippen LogP contribution in [-0.4, -0.2) is 29.0 Å². The van der Waals surface area contributed by atoms with Gasteiger partial charge in [0.15, 0.2) is 0 Å². The molecule has 4 heteroatoms. The minimum Gasteiger partial charge on any atom is -0.274 e. The first kappa shape index (κ1) is 11.2. The number of benzene rings is 1. The van der Waals surface area contributed by atoms with Crippen molar-refractivity contribution in [2.45, 2.75) is 12.8 Å². The molecule has 0 atom stereocenters. The smallest absolute Gasteiger partial charge is 0.261 e. The summed E-state index contributed by atoms with van der Waals surface area (Å²) in [6, 6.07) is 6.94. The Kier molecular flexibility index (Phi) is 3.29. The Balaban J connectivity index is 2.15. The molecule has 0 saturated heterocycles. The number of amides is 2. The van der Waals surface area contributed by atoms with Crippen LogP contribution in [0.25, 0.3) is 0 Å². The fraction of sp³-hybridized carbons (Fsp3) is 0.333. The Hall–Kier alpha value is -1.29. The molecule has 1 aliphatic heterocycles. The van der Waals surface area contributed by atoms with Crippen molar-refractivity contribution in [3.05, 3.63) is 35.4 Å². The summed E-state index contributed by atoms with van der Waals surface area (Å²) >= 11 is 4.83. The van der Waals surface area contributed by atoms with E-state index >= 15 is 0 Å². The second-order valence-corrected chi connectivity index (χ2v) is 4.13. The molecule has 1 aromatic carbocycles. The van der Waals surface area contributed by atoms with Crippen LogP contribution in [0, 0.1) is 0 Å².